The van der Waals surface area contributed by atoms with Crippen LogP contribution in [0.4, 0.5) is 5.69 Å². The largest absolute Gasteiger partial charge is 0.396 e. The number of pyridine rings is 1. The summed E-state index contributed by atoms with van der Waals surface area (Å²) in [6.07, 6.45) is 2.47. The van der Waals surface area contributed by atoms with Crippen molar-refractivity contribution in [3.05, 3.63) is 24.0 Å². The minimum atomic E-state index is -0.137. The van der Waals surface area contributed by atoms with Gasteiger partial charge in [0.1, 0.15) is 5.69 Å². The Bertz CT molecular complexity index is 562. The van der Waals surface area contributed by atoms with Crippen LogP contribution in [0.15, 0.2) is 18.3 Å². The number of amides is 1. The molecule has 6 nitrogen and oxygen atoms in total. The molecule has 140 valence electrons. The van der Waals surface area contributed by atoms with Crippen LogP contribution in [0, 0.1) is 5.92 Å². The van der Waals surface area contributed by atoms with E-state index in [0.29, 0.717) is 17.7 Å². The van der Waals surface area contributed by atoms with Crippen LogP contribution in [0.3, 0.4) is 0 Å². The van der Waals surface area contributed by atoms with Crippen molar-refractivity contribution < 1.29 is 9.90 Å². The molecule has 0 spiro atoms. The standard InChI is InChI=1S/C19H32N4O2/c1-14(2)12-22-8-9-23(13-17(22)6-10-24)16-5-7-20-18(11-16)19(25)21-15(3)4/h5,7,11,14-15,17,24H,6,8-10,12-13H2,1-4H3,(H,21,25)/t17-/m1/s1. The molecular weight excluding hydrogens is 316 g/mol. The molecule has 1 aromatic heterocycles. The monoisotopic (exact) mass is 348 g/mol. The number of aliphatic hydroxyl groups is 1. The molecular formula is C19H32N4O2. The Morgan fingerprint density at radius 3 is 2.76 bits per heavy atom. The number of hydrogen-bond acceptors (Lipinski definition) is 5. The number of hydrogen-bond donors (Lipinski definition) is 2. The Balaban J connectivity index is 2.10. The van der Waals surface area contributed by atoms with E-state index in [1.54, 1.807) is 6.20 Å². The molecule has 2 heterocycles. The second-order valence-electron chi connectivity index (χ2n) is 7.53. The van der Waals surface area contributed by atoms with Crippen molar-refractivity contribution >= 4 is 11.6 Å². The second-order valence-corrected chi connectivity index (χ2v) is 7.53. The molecule has 0 aromatic carbocycles. The van der Waals surface area contributed by atoms with E-state index < -0.39 is 0 Å². The van der Waals surface area contributed by atoms with Crippen LogP contribution in [-0.2, 0) is 0 Å². The summed E-state index contributed by atoms with van der Waals surface area (Å²) < 4.78 is 0. The van der Waals surface area contributed by atoms with E-state index in [1.165, 1.54) is 0 Å². The zero-order chi connectivity index (χ0) is 18.4. The molecule has 1 aromatic rings. The van der Waals surface area contributed by atoms with Gasteiger partial charge in [0.15, 0.2) is 0 Å². The lowest BCUT2D eigenvalue weighted by Gasteiger charge is -2.43. The maximum Gasteiger partial charge on any atom is 0.270 e. The van der Waals surface area contributed by atoms with Gasteiger partial charge < -0.3 is 15.3 Å². The van der Waals surface area contributed by atoms with Crippen molar-refractivity contribution in [1.29, 1.82) is 0 Å². The lowest BCUT2D eigenvalue weighted by molar-refractivity contribution is 0.0938. The highest BCUT2D eigenvalue weighted by Gasteiger charge is 2.27. The van der Waals surface area contributed by atoms with Gasteiger partial charge in [-0.2, -0.15) is 0 Å². The summed E-state index contributed by atoms with van der Waals surface area (Å²) in [5.41, 5.74) is 1.48. The summed E-state index contributed by atoms with van der Waals surface area (Å²) in [4.78, 5) is 21.2. The number of nitrogens with one attached hydrogen (secondary N) is 1. The summed E-state index contributed by atoms with van der Waals surface area (Å²) in [5, 5.41) is 12.3. The molecule has 0 saturated carbocycles. The summed E-state index contributed by atoms with van der Waals surface area (Å²) in [7, 11) is 0. The number of carbonyl (C=O) groups is 1. The molecule has 1 amide bonds. The van der Waals surface area contributed by atoms with Gasteiger partial charge in [-0.3, -0.25) is 14.7 Å². The Morgan fingerprint density at radius 2 is 2.12 bits per heavy atom. The summed E-state index contributed by atoms with van der Waals surface area (Å²) >= 11 is 0. The zero-order valence-corrected chi connectivity index (χ0v) is 15.9. The summed E-state index contributed by atoms with van der Waals surface area (Å²) in [5.74, 6) is 0.474. The zero-order valence-electron chi connectivity index (χ0n) is 15.9. The van der Waals surface area contributed by atoms with E-state index in [1.807, 2.05) is 26.0 Å². The Hall–Kier alpha value is -1.66. The van der Waals surface area contributed by atoms with Crippen LogP contribution < -0.4 is 10.2 Å². The Morgan fingerprint density at radius 1 is 1.36 bits per heavy atom. The molecule has 6 heteroatoms. The molecule has 1 atom stereocenters. The number of nitrogens with zero attached hydrogens (tertiary/aromatic N) is 3. The van der Waals surface area contributed by atoms with Crippen molar-refractivity contribution in [1.82, 2.24) is 15.2 Å². The van der Waals surface area contributed by atoms with Crippen molar-refractivity contribution in [2.75, 3.05) is 37.7 Å². The van der Waals surface area contributed by atoms with Gasteiger partial charge in [-0.1, -0.05) is 13.8 Å². The highest BCUT2D eigenvalue weighted by molar-refractivity contribution is 5.93. The molecule has 0 aliphatic carbocycles. The van der Waals surface area contributed by atoms with E-state index in [2.05, 4.69) is 33.9 Å². The number of aromatic nitrogens is 1. The quantitative estimate of drug-likeness (QED) is 0.786. The van der Waals surface area contributed by atoms with Gasteiger partial charge in [0.05, 0.1) is 0 Å². The van der Waals surface area contributed by atoms with Gasteiger partial charge in [-0.25, -0.2) is 0 Å². The Kier molecular flexibility index (Phi) is 7.20. The Labute approximate surface area is 151 Å². The fraction of sp³-hybridized carbons (Fsp3) is 0.684. The van der Waals surface area contributed by atoms with Crippen LogP contribution >= 0.6 is 0 Å². The van der Waals surface area contributed by atoms with Crippen molar-refractivity contribution in [3.8, 4) is 0 Å². The van der Waals surface area contributed by atoms with Crippen molar-refractivity contribution in [3.63, 3.8) is 0 Å². The number of aliphatic hydroxyl groups excluding tert-OH is 1. The molecule has 0 bridgehead atoms. The first kappa shape index (κ1) is 19.7. The summed E-state index contributed by atoms with van der Waals surface area (Å²) in [6.45, 7) is 12.3. The van der Waals surface area contributed by atoms with Crippen molar-refractivity contribution in [2.45, 2.75) is 46.2 Å². The predicted molar refractivity (Wildman–Crippen MR) is 101 cm³/mol. The van der Waals surface area contributed by atoms with Crippen LogP contribution in [0.2, 0.25) is 0 Å². The average molecular weight is 348 g/mol. The van der Waals surface area contributed by atoms with Gasteiger partial charge in [-0.15, -0.1) is 0 Å². The first-order valence-corrected chi connectivity index (χ1v) is 9.27. The van der Waals surface area contributed by atoms with Crippen LogP contribution in [0.1, 0.15) is 44.6 Å². The second kappa shape index (κ2) is 9.15. The van der Waals surface area contributed by atoms with Gasteiger partial charge >= 0.3 is 0 Å². The van der Waals surface area contributed by atoms with E-state index in [0.717, 1.165) is 38.3 Å². The van der Waals surface area contributed by atoms with E-state index in [4.69, 9.17) is 0 Å². The number of anilines is 1. The van der Waals surface area contributed by atoms with E-state index in [-0.39, 0.29) is 18.6 Å². The molecule has 0 radical (unpaired) electrons. The summed E-state index contributed by atoms with van der Waals surface area (Å²) in [6, 6.07) is 4.25. The third-order valence-corrected chi connectivity index (χ3v) is 4.43. The van der Waals surface area contributed by atoms with E-state index in [9.17, 15) is 9.90 Å². The van der Waals surface area contributed by atoms with E-state index >= 15 is 0 Å². The predicted octanol–water partition coefficient (Wildman–Crippen LogP) is 1.75. The van der Waals surface area contributed by atoms with Gasteiger partial charge in [0.25, 0.3) is 5.91 Å². The first-order chi connectivity index (χ1) is 11.9. The SMILES string of the molecule is CC(C)CN1CCN(c2ccnc(C(=O)NC(C)C)c2)C[C@H]1CCO. The highest BCUT2D eigenvalue weighted by Crippen LogP contribution is 2.22. The maximum atomic E-state index is 12.2. The number of rotatable bonds is 7. The van der Waals surface area contributed by atoms with Crippen molar-refractivity contribution in [2.24, 2.45) is 5.92 Å². The van der Waals surface area contributed by atoms with Crippen LogP contribution in [-0.4, -0.2) is 65.8 Å². The molecule has 25 heavy (non-hydrogen) atoms. The smallest absolute Gasteiger partial charge is 0.270 e. The first-order valence-electron chi connectivity index (χ1n) is 9.27. The minimum absolute atomic E-state index is 0.0893. The average Bonchev–Trinajstić information content (AvgIpc) is 2.56. The maximum absolute atomic E-state index is 12.2. The lowest BCUT2D eigenvalue weighted by atomic mass is 10.1. The number of piperazine rings is 1. The molecule has 2 N–H and O–H groups in total. The topological polar surface area (TPSA) is 68.7 Å². The lowest BCUT2D eigenvalue weighted by Crippen LogP contribution is -2.54. The molecule has 2 rings (SSSR count). The van der Waals surface area contributed by atoms with Crippen LogP contribution in [0.25, 0.3) is 0 Å². The third-order valence-electron chi connectivity index (χ3n) is 4.43. The number of carbonyl (C=O) groups excluding carboxylic acids is 1. The molecule has 0 unspecified atom stereocenters. The highest BCUT2D eigenvalue weighted by atomic mass is 16.3. The molecule has 1 fully saturated rings. The van der Waals surface area contributed by atoms with Gasteiger partial charge in [-0.05, 0) is 38.3 Å². The molecule has 1 saturated heterocycles. The fourth-order valence-electron chi connectivity index (χ4n) is 3.34. The normalized spacial score (nSPS) is 18.8. The van der Waals surface area contributed by atoms with Crippen LogP contribution in [0.5, 0.6) is 0 Å². The molecule has 1 aliphatic rings. The third kappa shape index (κ3) is 5.68. The minimum Gasteiger partial charge on any atom is -0.396 e. The van der Waals surface area contributed by atoms with Gasteiger partial charge in [0, 0.05) is 56.8 Å². The fourth-order valence-corrected chi connectivity index (χ4v) is 3.34. The molecule has 1 aliphatic heterocycles. The van der Waals surface area contributed by atoms with Gasteiger partial charge in [0.2, 0.25) is 0 Å².